The van der Waals surface area contributed by atoms with Gasteiger partial charge >= 0.3 is 13.1 Å². The minimum atomic E-state index is -1.33. The van der Waals surface area contributed by atoms with Gasteiger partial charge in [0.25, 0.3) is 0 Å². The fourth-order valence-electron chi connectivity index (χ4n) is 2.84. The zero-order chi connectivity index (χ0) is 18.8. The highest BCUT2D eigenvalue weighted by Gasteiger charge is 2.38. The van der Waals surface area contributed by atoms with E-state index < -0.39 is 24.7 Å². The Bertz CT molecular complexity index is 900. The van der Waals surface area contributed by atoms with Crippen molar-refractivity contribution in [3.05, 3.63) is 40.4 Å². The Morgan fingerprint density at radius 3 is 2.85 bits per heavy atom. The van der Waals surface area contributed by atoms with Crippen LogP contribution in [0.4, 0.5) is 5.13 Å². The van der Waals surface area contributed by atoms with Gasteiger partial charge in [-0.25, -0.2) is 9.78 Å². The number of ketones is 1. The summed E-state index contributed by atoms with van der Waals surface area (Å²) in [6, 6.07) is 4.68. The third-order valence-electron chi connectivity index (χ3n) is 4.06. The van der Waals surface area contributed by atoms with Crippen LogP contribution in [-0.4, -0.2) is 39.7 Å². The van der Waals surface area contributed by atoms with E-state index in [1.165, 1.54) is 6.07 Å². The van der Waals surface area contributed by atoms with Gasteiger partial charge in [-0.2, -0.15) is 5.10 Å². The molecule has 3 rings (SSSR count). The minimum absolute atomic E-state index is 0.0322. The lowest BCUT2D eigenvalue weighted by Crippen LogP contribution is -2.37. The number of benzene rings is 1. The second kappa shape index (κ2) is 7.14. The summed E-state index contributed by atoms with van der Waals surface area (Å²) in [5.74, 6) is 3.30. The lowest BCUT2D eigenvalue weighted by atomic mass is 9.64. The van der Waals surface area contributed by atoms with Crippen molar-refractivity contribution in [2.24, 2.45) is 10.9 Å². The van der Waals surface area contributed by atoms with Gasteiger partial charge in [-0.3, -0.25) is 4.79 Å². The molecule has 1 aromatic carbocycles. The number of Topliss-reactive ketones (excluding diaryl/α,β-unsaturated/α-hetero) is 1. The normalized spacial score (nSPS) is 16.7. The average molecular weight is 374 g/mol. The molecule has 2 aromatic rings. The maximum absolute atomic E-state index is 12.5. The number of fused-ring (bicyclic) bond motifs is 1. The number of carbonyl (C=O) groups excluding carboxylic acids is 1. The summed E-state index contributed by atoms with van der Waals surface area (Å²) in [6.45, 7) is 0. The van der Waals surface area contributed by atoms with Crippen LogP contribution in [0.15, 0.2) is 28.7 Å². The van der Waals surface area contributed by atoms with E-state index in [4.69, 9.17) is 16.2 Å². The molecule has 26 heavy (non-hydrogen) atoms. The second-order valence-corrected chi connectivity index (χ2v) is 6.64. The van der Waals surface area contributed by atoms with E-state index in [1.807, 2.05) is 0 Å². The quantitative estimate of drug-likeness (QED) is 0.255. The van der Waals surface area contributed by atoms with E-state index in [1.54, 1.807) is 17.5 Å². The third-order valence-corrected chi connectivity index (χ3v) is 4.73. The topological polar surface area (TPSA) is 161 Å². The fraction of sp³-hybridized carbons (Fsp3) is 0.200. The Balaban J connectivity index is 1.80. The first kappa shape index (κ1) is 17.9. The first-order chi connectivity index (χ1) is 12.4. The fourth-order valence-corrected chi connectivity index (χ4v) is 3.39. The first-order valence-electron chi connectivity index (χ1n) is 7.63. The second-order valence-electron chi connectivity index (χ2n) is 5.75. The molecule has 0 aliphatic carbocycles. The minimum Gasteiger partial charge on any atom is -0.535 e. The number of carbonyl (C=O) groups is 2. The van der Waals surface area contributed by atoms with Crippen LogP contribution in [0.3, 0.4) is 0 Å². The number of carboxylic acids is 1. The number of rotatable bonds is 5. The molecule has 0 radical (unpaired) electrons. The lowest BCUT2D eigenvalue weighted by Gasteiger charge is -2.27. The molecule has 134 valence electrons. The van der Waals surface area contributed by atoms with Crippen LogP contribution in [-0.2, 0) is 11.2 Å². The molecule has 1 aliphatic heterocycles. The van der Waals surface area contributed by atoms with Gasteiger partial charge < -0.3 is 26.4 Å². The van der Waals surface area contributed by atoms with Gasteiger partial charge in [-0.15, -0.1) is 11.3 Å². The molecule has 0 bridgehead atoms. The summed E-state index contributed by atoms with van der Waals surface area (Å²) < 4.78 is 5.38. The van der Waals surface area contributed by atoms with Gasteiger partial charge in [0.15, 0.2) is 16.6 Å². The monoisotopic (exact) mass is 374 g/mol. The predicted octanol–water partition coefficient (Wildman–Crippen LogP) is 0.531. The van der Waals surface area contributed by atoms with Crippen molar-refractivity contribution in [1.29, 1.82) is 0 Å². The summed E-state index contributed by atoms with van der Waals surface area (Å²) in [5.41, 5.74) is 6.38. The van der Waals surface area contributed by atoms with Crippen molar-refractivity contribution < 1.29 is 24.4 Å². The predicted molar refractivity (Wildman–Crippen MR) is 96.3 cm³/mol. The highest BCUT2D eigenvalue weighted by Crippen LogP contribution is 2.36. The van der Waals surface area contributed by atoms with Gasteiger partial charge in [0.05, 0.1) is 5.56 Å². The Morgan fingerprint density at radius 1 is 1.46 bits per heavy atom. The zero-order valence-corrected chi connectivity index (χ0v) is 14.3. The number of hydrazone groups is 1. The van der Waals surface area contributed by atoms with Crippen LogP contribution < -0.4 is 16.2 Å². The zero-order valence-electron chi connectivity index (χ0n) is 13.5. The largest absolute Gasteiger partial charge is 0.535 e. The molecular formula is C15H15BN4O5S. The number of nitrogens with zero attached hydrogens (tertiary/aromatic N) is 2. The number of carboxylic acid groups (broad SMARTS) is 1. The van der Waals surface area contributed by atoms with Gasteiger partial charge in [-0.05, 0) is 18.1 Å². The molecule has 0 spiro atoms. The SMILES string of the molecule is N/N=C(\C(=O)C[C@H]1Cc2cccc(C(=O)O)c2OB1O)c1csc(N)n1. The Morgan fingerprint density at radius 2 is 2.23 bits per heavy atom. The Hall–Kier alpha value is -2.92. The van der Waals surface area contributed by atoms with E-state index in [-0.39, 0.29) is 40.7 Å². The van der Waals surface area contributed by atoms with Crippen LogP contribution in [0.2, 0.25) is 5.82 Å². The van der Waals surface area contributed by atoms with Gasteiger partial charge in [0.1, 0.15) is 11.4 Å². The van der Waals surface area contributed by atoms with Crippen molar-refractivity contribution >= 4 is 41.1 Å². The molecule has 0 amide bonds. The maximum atomic E-state index is 12.5. The van der Waals surface area contributed by atoms with E-state index in [9.17, 15) is 19.7 Å². The first-order valence-corrected chi connectivity index (χ1v) is 8.51. The number of thiazole rings is 1. The summed E-state index contributed by atoms with van der Waals surface area (Å²) in [4.78, 5) is 27.8. The van der Waals surface area contributed by atoms with E-state index >= 15 is 0 Å². The summed E-state index contributed by atoms with van der Waals surface area (Å²) in [6.07, 6.45) is 0.186. The molecule has 0 unspecified atom stereocenters. The number of anilines is 1. The van der Waals surface area contributed by atoms with Gasteiger partial charge in [0, 0.05) is 17.6 Å². The molecule has 1 aliphatic rings. The van der Waals surface area contributed by atoms with Crippen molar-refractivity contribution in [1.82, 2.24) is 4.98 Å². The maximum Gasteiger partial charge on any atom is 0.526 e. The van der Waals surface area contributed by atoms with Crippen molar-refractivity contribution in [3.63, 3.8) is 0 Å². The number of aromatic carboxylic acids is 1. The Labute approximate surface area is 152 Å². The van der Waals surface area contributed by atoms with E-state index in [2.05, 4.69) is 10.1 Å². The average Bonchev–Trinajstić information content (AvgIpc) is 3.01. The highest BCUT2D eigenvalue weighted by atomic mass is 32.1. The lowest BCUT2D eigenvalue weighted by molar-refractivity contribution is -0.113. The van der Waals surface area contributed by atoms with Crippen LogP contribution in [0.25, 0.3) is 0 Å². The molecule has 2 heterocycles. The standard InChI is InChI=1S/C15H15BN4O5S/c17-15-19-10(6-26-15)12(20-18)11(21)5-8-4-7-2-1-3-9(14(22)23)13(7)25-16(8)24/h1-3,6,8,24H,4-5,18H2,(H2,17,19)(H,22,23)/b20-12-/t8-/m1/s1. The van der Waals surface area contributed by atoms with Gasteiger partial charge in [0.2, 0.25) is 0 Å². The van der Waals surface area contributed by atoms with Crippen LogP contribution in [0.1, 0.15) is 28.0 Å². The van der Waals surface area contributed by atoms with Crippen molar-refractivity contribution in [3.8, 4) is 5.75 Å². The molecule has 11 heteroatoms. The van der Waals surface area contributed by atoms with E-state index in [0.29, 0.717) is 5.56 Å². The summed E-state index contributed by atoms with van der Waals surface area (Å²) in [5, 5.41) is 24.8. The number of hydrogen-bond donors (Lipinski definition) is 4. The molecule has 9 nitrogen and oxygen atoms in total. The molecular weight excluding hydrogens is 359 g/mol. The number of para-hydroxylation sites is 1. The Kier molecular flexibility index (Phi) is 4.91. The van der Waals surface area contributed by atoms with Gasteiger partial charge in [-0.1, -0.05) is 12.1 Å². The van der Waals surface area contributed by atoms with E-state index in [0.717, 1.165) is 11.3 Å². The number of hydrogen-bond acceptors (Lipinski definition) is 9. The summed E-state index contributed by atoms with van der Waals surface area (Å²) >= 11 is 1.16. The molecule has 6 N–H and O–H groups in total. The van der Waals surface area contributed by atoms with Crippen molar-refractivity contribution in [2.45, 2.75) is 18.7 Å². The smallest absolute Gasteiger partial charge is 0.526 e. The number of nitrogens with two attached hydrogens (primary N) is 2. The van der Waals surface area contributed by atoms with Crippen LogP contribution >= 0.6 is 11.3 Å². The number of aromatic nitrogens is 1. The van der Waals surface area contributed by atoms with Crippen LogP contribution in [0, 0.1) is 0 Å². The third kappa shape index (κ3) is 3.39. The summed E-state index contributed by atoms with van der Waals surface area (Å²) in [7, 11) is -1.33. The van der Waals surface area contributed by atoms with Crippen molar-refractivity contribution in [2.75, 3.05) is 5.73 Å². The molecule has 1 atom stereocenters. The molecule has 1 aromatic heterocycles. The van der Waals surface area contributed by atoms with Crippen LogP contribution in [0.5, 0.6) is 5.75 Å². The molecule has 0 saturated carbocycles. The molecule has 0 saturated heterocycles. The molecule has 0 fully saturated rings. The number of nitrogen functional groups attached to an aromatic ring is 1. The highest BCUT2D eigenvalue weighted by molar-refractivity contribution is 7.13.